The first-order chi connectivity index (χ1) is 13.4. The fourth-order valence-corrected chi connectivity index (χ4v) is 2.98. The van der Waals surface area contributed by atoms with Gasteiger partial charge in [0.2, 0.25) is 0 Å². The predicted octanol–water partition coefficient (Wildman–Crippen LogP) is 4.39. The molecule has 0 atom stereocenters. The maximum absolute atomic E-state index is 13.3. The van der Waals surface area contributed by atoms with Gasteiger partial charge in [0.1, 0.15) is 5.82 Å². The molecule has 4 rings (SSSR count). The molecular weight excluding hydrogens is 355 g/mol. The minimum Gasteiger partial charge on any atom is -0.389 e. The minimum atomic E-state index is -0.884. The van der Waals surface area contributed by atoms with Crippen LogP contribution in [0.2, 0.25) is 0 Å². The first kappa shape index (κ1) is 18.1. The number of benzene rings is 2. The van der Waals surface area contributed by atoms with Crippen LogP contribution in [0.4, 0.5) is 10.1 Å². The first-order valence-electron chi connectivity index (χ1n) is 9.07. The lowest BCUT2D eigenvalue weighted by Gasteiger charge is -2.19. The van der Waals surface area contributed by atoms with Crippen molar-refractivity contribution in [2.24, 2.45) is 0 Å². The molecule has 0 saturated carbocycles. The summed E-state index contributed by atoms with van der Waals surface area (Å²) in [7, 11) is 0. The molecule has 0 aliphatic heterocycles. The molecule has 6 heteroatoms. The number of halogens is 1. The van der Waals surface area contributed by atoms with Crippen molar-refractivity contribution in [3.8, 4) is 22.5 Å². The number of hydrogen-bond acceptors (Lipinski definition) is 4. The highest BCUT2D eigenvalue weighted by atomic mass is 19.1. The summed E-state index contributed by atoms with van der Waals surface area (Å²) in [6, 6.07) is 18.0. The van der Waals surface area contributed by atoms with E-state index in [2.05, 4.69) is 10.3 Å². The van der Waals surface area contributed by atoms with Gasteiger partial charge in [0, 0.05) is 17.7 Å². The Hall–Kier alpha value is -3.25. The number of rotatable bonds is 5. The number of nitrogens with zero attached hydrogens (tertiary/aromatic N) is 3. The van der Waals surface area contributed by atoms with Gasteiger partial charge >= 0.3 is 0 Å². The zero-order chi connectivity index (χ0) is 19.7. The minimum absolute atomic E-state index is 0.294. The molecule has 5 nitrogen and oxygen atoms in total. The summed E-state index contributed by atoms with van der Waals surface area (Å²) in [5, 5.41) is 18.1. The van der Waals surface area contributed by atoms with E-state index in [1.807, 2.05) is 36.4 Å². The Morgan fingerprint density at radius 3 is 2.43 bits per heavy atom. The average molecular weight is 376 g/mol. The standard InChI is InChI=1S/C22H21FN4O/c1-22(2,28)14-25-19-12-18(15-8-10-17(23)11-9-15)26-27-20(13-24-21(19)27)16-6-4-3-5-7-16/h3-13,25,28H,14H2,1-2H3. The van der Waals surface area contributed by atoms with E-state index in [-0.39, 0.29) is 5.82 Å². The molecule has 2 heterocycles. The molecule has 0 aliphatic rings. The van der Waals surface area contributed by atoms with Crippen LogP contribution in [0.3, 0.4) is 0 Å². The third-order valence-electron chi connectivity index (χ3n) is 4.39. The third kappa shape index (κ3) is 3.73. The number of aromatic nitrogens is 3. The molecule has 2 aromatic heterocycles. The fraction of sp³-hybridized carbons (Fsp3) is 0.182. The van der Waals surface area contributed by atoms with Crippen LogP contribution in [0.5, 0.6) is 0 Å². The zero-order valence-electron chi connectivity index (χ0n) is 15.7. The highest BCUT2D eigenvalue weighted by Crippen LogP contribution is 2.28. The third-order valence-corrected chi connectivity index (χ3v) is 4.39. The van der Waals surface area contributed by atoms with Gasteiger partial charge in [-0.05, 0) is 44.2 Å². The SMILES string of the molecule is CC(C)(O)CNc1cc(-c2ccc(F)cc2)nn2c(-c3ccccc3)cnc12. The summed E-state index contributed by atoms with van der Waals surface area (Å²) >= 11 is 0. The van der Waals surface area contributed by atoms with Crippen LogP contribution >= 0.6 is 0 Å². The van der Waals surface area contributed by atoms with Crippen molar-refractivity contribution in [3.05, 3.63) is 72.7 Å². The molecule has 0 unspecified atom stereocenters. The highest BCUT2D eigenvalue weighted by Gasteiger charge is 2.17. The Bertz CT molecular complexity index is 1100. The summed E-state index contributed by atoms with van der Waals surface area (Å²) in [5.74, 6) is -0.294. The van der Waals surface area contributed by atoms with Crippen molar-refractivity contribution in [1.29, 1.82) is 0 Å². The van der Waals surface area contributed by atoms with Crippen molar-refractivity contribution in [3.63, 3.8) is 0 Å². The first-order valence-corrected chi connectivity index (χ1v) is 9.07. The van der Waals surface area contributed by atoms with E-state index in [0.29, 0.717) is 17.9 Å². The Balaban J connectivity index is 1.88. The van der Waals surface area contributed by atoms with E-state index >= 15 is 0 Å². The molecule has 0 aliphatic carbocycles. The zero-order valence-corrected chi connectivity index (χ0v) is 15.7. The molecule has 2 aromatic carbocycles. The van der Waals surface area contributed by atoms with Gasteiger partial charge in [-0.2, -0.15) is 5.10 Å². The Kier molecular flexibility index (Phi) is 4.57. The van der Waals surface area contributed by atoms with Crippen LogP contribution in [-0.4, -0.2) is 31.9 Å². The van der Waals surface area contributed by atoms with E-state index in [1.54, 1.807) is 36.7 Å². The summed E-state index contributed by atoms with van der Waals surface area (Å²) in [6.07, 6.45) is 1.78. The molecule has 2 N–H and O–H groups in total. The molecule has 0 saturated heterocycles. The molecular formula is C22H21FN4O. The second-order valence-corrected chi connectivity index (χ2v) is 7.36. The van der Waals surface area contributed by atoms with E-state index in [1.165, 1.54) is 12.1 Å². The smallest absolute Gasteiger partial charge is 0.177 e. The molecule has 0 bridgehead atoms. The number of aliphatic hydroxyl groups is 1. The molecule has 142 valence electrons. The van der Waals surface area contributed by atoms with Gasteiger partial charge in [-0.3, -0.25) is 0 Å². The van der Waals surface area contributed by atoms with Crippen molar-refractivity contribution >= 4 is 11.3 Å². The Morgan fingerprint density at radius 1 is 1.04 bits per heavy atom. The van der Waals surface area contributed by atoms with Crippen molar-refractivity contribution in [2.75, 3.05) is 11.9 Å². The maximum atomic E-state index is 13.3. The number of anilines is 1. The second-order valence-electron chi connectivity index (χ2n) is 7.36. The molecule has 0 amide bonds. The van der Waals surface area contributed by atoms with Crippen LogP contribution in [-0.2, 0) is 0 Å². The quantitative estimate of drug-likeness (QED) is 0.542. The van der Waals surface area contributed by atoms with Crippen molar-refractivity contribution in [2.45, 2.75) is 19.4 Å². The van der Waals surface area contributed by atoms with Crippen molar-refractivity contribution in [1.82, 2.24) is 14.6 Å². The number of hydrogen-bond donors (Lipinski definition) is 2. The molecule has 0 spiro atoms. The summed E-state index contributed by atoms with van der Waals surface area (Å²) in [4.78, 5) is 4.54. The van der Waals surface area contributed by atoms with Crippen LogP contribution in [0.1, 0.15) is 13.8 Å². The van der Waals surface area contributed by atoms with Crippen molar-refractivity contribution < 1.29 is 9.50 Å². The van der Waals surface area contributed by atoms with Crippen LogP contribution in [0, 0.1) is 5.82 Å². The van der Waals surface area contributed by atoms with E-state index in [9.17, 15) is 9.50 Å². The molecule has 0 fully saturated rings. The molecule has 28 heavy (non-hydrogen) atoms. The van der Waals surface area contributed by atoms with Crippen LogP contribution in [0.15, 0.2) is 66.9 Å². The summed E-state index contributed by atoms with van der Waals surface area (Å²) in [5.41, 5.74) is 3.85. The van der Waals surface area contributed by atoms with Gasteiger partial charge in [-0.25, -0.2) is 13.9 Å². The molecule has 4 aromatic rings. The largest absolute Gasteiger partial charge is 0.389 e. The molecule has 0 radical (unpaired) electrons. The fourth-order valence-electron chi connectivity index (χ4n) is 2.98. The summed E-state index contributed by atoms with van der Waals surface area (Å²) < 4.78 is 15.1. The number of nitrogens with one attached hydrogen (secondary N) is 1. The van der Waals surface area contributed by atoms with Crippen LogP contribution in [0.25, 0.3) is 28.2 Å². The van der Waals surface area contributed by atoms with Gasteiger partial charge in [0.15, 0.2) is 5.65 Å². The number of fused-ring (bicyclic) bond motifs is 1. The average Bonchev–Trinajstić information content (AvgIpc) is 3.11. The van der Waals surface area contributed by atoms with Gasteiger partial charge in [-0.1, -0.05) is 30.3 Å². The van der Waals surface area contributed by atoms with Crippen LogP contribution < -0.4 is 5.32 Å². The lowest BCUT2D eigenvalue weighted by molar-refractivity contribution is 0.0945. The normalized spacial score (nSPS) is 11.7. The van der Waals surface area contributed by atoms with E-state index in [4.69, 9.17) is 5.10 Å². The van der Waals surface area contributed by atoms with E-state index in [0.717, 1.165) is 22.5 Å². The maximum Gasteiger partial charge on any atom is 0.177 e. The topological polar surface area (TPSA) is 62.5 Å². The van der Waals surface area contributed by atoms with Gasteiger partial charge in [0.05, 0.1) is 28.9 Å². The Morgan fingerprint density at radius 2 is 1.75 bits per heavy atom. The van der Waals surface area contributed by atoms with Gasteiger partial charge in [0.25, 0.3) is 0 Å². The second kappa shape index (κ2) is 7.05. The summed E-state index contributed by atoms with van der Waals surface area (Å²) in [6.45, 7) is 3.82. The van der Waals surface area contributed by atoms with Gasteiger partial charge < -0.3 is 10.4 Å². The predicted molar refractivity (Wildman–Crippen MR) is 109 cm³/mol. The Labute approximate surface area is 162 Å². The monoisotopic (exact) mass is 376 g/mol. The number of imidazole rings is 1. The lowest BCUT2D eigenvalue weighted by Crippen LogP contribution is -2.29. The van der Waals surface area contributed by atoms with Gasteiger partial charge in [-0.15, -0.1) is 0 Å². The van der Waals surface area contributed by atoms with E-state index < -0.39 is 5.60 Å². The highest BCUT2D eigenvalue weighted by molar-refractivity contribution is 5.77. The lowest BCUT2D eigenvalue weighted by atomic mass is 10.1.